The Kier molecular flexibility index (Phi) is 2.45. The van der Waals surface area contributed by atoms with Gasteiger partial charge in [-0.05, 0) is 29.4 Å². The standard InChI is InChI=1S/C16H14O/c17-16-10-9-13(11-12-5-1-2-6-12)14-7-3-4-8-15(14)16/h1-10,12,17H,11H2. The second-order valence-corrected chi connectivity index (χ2v) is 4.43. The van der Waals surface area contributed by atoms with E-state index in [-0.39, 0.29) is 0 Å². The molecule has 1 N–H and O–H groups in total. The Labute approximate surface area is 101 Å². The van der Waals surface area contributed by atoms with E-state index in [9.17, 15) is 5.11 Å². The first-order chi connectivity index (χ1) is 8.34. The maximum Gasteiger partial charge on any atom is 0.123 e. The molecule has 2 aromatic rings. The first-order valence-corrected chi connectivity index (χ1v) is 5.89. The van der Waals surface area contributed by atoms with Crippen molar-refractivity contribution < 1.29 is 5.11 Å². The second kappa shape index (κ2) is 4.10. The summed E-state index contributed by atoms with van der Waals surface area (Å²) < 4.78 is 0. The van der Waals surface area contributed by atoms with E-state index in [1.807, 2.05) is 24.3 Å². The molecule has 0 saturated carbocycles. The first kappa shape index (κ1) is 10.2. The molecule has 1 heteroatoms. The monoisotopic (exact) mass is 222 g/mol. The van der Waals surface area contributed by atoms with Crippen LogP contribution in [0.2, 0.25) is 0 Å². The molecule has 0 unspecified atom stereocenters. The lowest BCUT2D eigenvalue weighted by Gasteiger charge is -2.10. The van der Waals surface area contributed by atoms with Gasteiger partial charge in [0.25, 0.3) is 0 Å². The number of fused-ring (bicyclic) bond motifs is 1. The van der Waals surface area contributed by atoms with Crippen molar-refractivity contribution in [3.63, 3.8) is 0 Å². The van der Waals surface area contributed by atoms with E-state index < -0.39 is 0 Å². The largest absolute Gasteiger partial charge is 0.507 e. The summed E-state index contributed by atoms with van der Waals surface area (Å²) in [4.78, 5) is 0. The number of benzene rings is 2. The molecule has 17 heavy (non-hydrogen) atoms. The molecule has 0 heterocycles. The van der Waals surface area contributed by atoms with Crippen LogP contribution in [0.1, 0.15) is 5.56 Å². The molecule has 0 spiro atoms. The summed E-state index contributed by atoms with van der Waals surface area (Å²) in [6.45, 7) is 0. The normalized spacial score (nSPS) is 14.8. The summed E-state index contributed by atoms with van der Waals surface area (Å²) in [7, 11) is 0. The van der Waals surface area contributed by atoms with E-state index in [2.05, 4.69) is 30.4 Å². The van der Waals surface area contributed by atoms with Gasteiger partial charge in [-0.2, -0.15) is 0 Å². The summed E-state index contributed by atoms with van der Waals surface area (Å²) in [6, 6.07) is 11.8. The minimum atomic E-state index is 0.363. The number of phenols is 1. The van der Waals surface area contributed by atoms with Crippen molar-refractivity contribution >= 4 is 10.8 Å². The fraction of sp³-hybridized carbons (Fsp3) is 0.125. The number of allylic oxidation sites excluding steroid dienone is 4. The lowest BCUT2D eigenvalue weighted by atomic mass is 9.95. The zero-order valence-corrected chi connectivity index (χ0v) is 9.51. The van der Waals surface area contributed by atoms with Gasteiger partial charge in [0, 0.05) is 5.39 Å². The zero-order chi connectivity index (χ0) is 11.7. The molecule has 0 saturated heterocycles. The second-order valence-electron chi connectivity index (χ2n) is 4.43. The highest BCUT2D eigenvalue weighted by Crippen LogP contribution is 2.29. The van der Waals surface area contributed by atoms with Crippen LogP contribution >= 0.6 is 0 Å². The minimum absolute atomic E-state index is 0.363. The molecule has 1 aliphatic carbocycles. The van der Waals surface area contributed by atoms with E-state index in [0.29, 0.717) is 11.7 Å². The van der Waals surface area contributed by atoms with Crippen LogP contribution in [-0.4, -0.2) is 5.11 Å². The van der Waals surface area contributed by atoms with Crippen molar-refractivity contribution in [1.82, 2.24) is 0 Å². The highest BCUT2D eigenvalue weighted by Gasteiger charge is 2.09. The summed E-state index contributed by atoms with van der Waals surface area (Å²) in [5.41, 5.74) is 1.29. The zero-order valence-electron chi connectivity index (χ0n) is 9.51. The van der Waals surface area contributed by atoms with Gasteiger partial charge in [-0.3, -0.25) is 0 Å². The van der Waals surface area contributed by atoms with Crippen molar-refractivity contribution in [2.75, 3.05) is 0 Å². The fourth-order valence-corrected chi connectivity index (χ4v) is 2.39. The third kappa shape index (κ3) is 1.84. The summed E-state index contributed by atoms with van der Waals surface area (Å²) in [5.74, 6) is 0.852. The van der Waals surface area contributed by atoms with Gasteiger partial charge in [0.15, 0.2) is 0 Å². The van der Waals surface area contributed by atoms with Gasteiger partial charge in [-0.25, -0.2) is 0 Å². The van der Waals surface area contributed by atoms with Crippen LogP contribution in [0.4, 0.5) is 0 Å². The fourth-order valence-electron chi connectivity index (χ4n) is 2.39. The first-order valence-electron chi connectivity index (χ1n) is 5.89. The Hall–Kier alpha value is -2.02. The maximum atomic E-state index is 9.83. The molecule has 84 valence electrons. The Morgan fingerprint density at radius 3 is 2.35 bits per heavy atom. The van der Waals surface area contributed by atoms with E-state index >= 15 is 0 Å². The molecule has 0 atom stereocenters. The van der Waals surface area contributed by atoms with Gasteiger partial charge in [-0.1, -0.05) is 54.6 Å². The topological polar surface area (TPSA) is 20.2 Å². The summed E-state index contributed by atoms with van der Waals surface area (Å²) in [5, 5.41) is 11.9. The predicted molar refractivity (Wildman–Crippen MR) is 71.1 cm³/mol. The van der Waals surface area contributed by atoms with Gasteiger partial charge in [0.2, 0.25) is 0 Å². The molecule has 0 radical (unpaired) electrons. The van der Waals surface area contributed by atoms with Gasteiger partial charge >= 0.3 is 0 Å². The third-order valence-electron chi connectivity index (χ3n) is 3.27. The van der Waals surface area contributed by atoms with Gasteiger partial charge in [-0.15, -0.1) is 0 Å². The summed E-state index contributed by atoms with van der Waals surface area (Å²) in [6.07, 6.45) is 9.59. The lowest BCUT2D eigenvalue weighted by Crippen LogP contribution is -1.96. The molecule has 0 aromatic heterocycles. The van der Waals surface area contributed by atoms with E-state index in [0.717, 1.165) is 17.2 Å². The number of rotatable bonds is 2. The quantitative estimate of drug-likeness (QED) is 0.818. The van der Waals surface area contributed by atoms with Gasteiger partial charge in [0.05, 0.1) is 0 Å². The average Bonchev–Trinajstić information content (AvgIpc) is 2.86. The van der Waals surface area contributed by atoms with Crippen LogP contribution in [0, 0.1) is 5.92 Å². The third-order valence-corrected chi connectivity index (χ3v) is 3.27. The molecular weight excluding hydrogens is 208 g/mol. The molecule has 0 amide bonds. The highest BCUT2D eigenvalue weighted by molar-refractivity contribution is 5.90. The highest BCUT2D eigenvalue weighted by atomic mass is 16.3. The van der Waals surface area contributed by atoms with Crippen LogP contribution in [-0.2, 0) is 6.42 Å². The molecule has 1 aliphatic rings. The average molecular weight is 222 g/mol. The number of hydrogen-bond donors (Lipinski definition) is 1. The van der Waals surface area contributed by atoms with Crippen LogP contribution in [0.3, 0.4) is 0 Å². The smallest absolute Gasteiger partial charge is 0.123 e. The Bertz CT molecular complexity index is 596. The van der Waals surface area contributed by atoms with Crippen molar-refractivity contribution in [1.29, 1.82) is 0 Å². The molecule has 0 fully saturated rings. The lowest BCUT2D eigenvalue weighted by molar-refractivity contribution is 0.481. The van der Waals surface area contributed by atoms with Gasteiger partial charge in [0.1, 0.15) is 5.75 Å². The van der Waals surface area contributed by atoms with Crippen LogP contribution < -0.4 is 0 Å². The number of hydrogen-bond acceptors (Lipinski definition) is 1. The number of phenolic OH excluding ortho intramolecular Hbond substituents is 1. The minimum Gasteiger partial charge on any atom is -0.507 e. The van der Waals surface area contributed by atoms with Crippen LogP contribution in [0.15, 0.2) is 60.7 Å². The van der Waals surface area contributed by atoms with Crippen LogP contribution in [0.25, 0.3) is 10.8 Å². The molecule has 1 nitrogen and oxygen atoms in total. The predicted octanol–water partition coefficient (Wildman–Crippen LogP) is 3.83. The molecule has 0 bridgehead atoms. The Morgan fingerprint density at radius 2 is 1.59 bits per heavy atom. The molecule has 0 aliphatic heterocycles. The van der Waals surface area contributed by atoms with Crippen molar-refractivity contribution in [3.05, 3.63) is 66.3 Å². The molecule has 3 rings (SSSR count). The number of aromatic hydroxyl groups is 1. The van der Waals surface area contributed by atoms with E-state index in [1.54, 1.807) is 6.07 Å². The van der Waals surface area contributed by atoms with E-state index in [1.165, 1.54) is 5.56 Å². The SMILES string of the molecule is Oc1ccc(CC2C=CC=C2)c2ccccc12. The Morgan fingerprint density at radius 1 is 0.882 bits per heavy atom. The van der Waals surface area contributed by atoms with Gasteiger partial charge < -0.3 is 5.11 Å². The van der Waals surface area contributed by atoms with Crippen LogP contribution in [0.5, 0.6) is 5.75 Å². The van der Waals surface area contributed by atoms with Crippen molar-refractivity contribution in [2.24, 2.45) is 5.92 Å². The Balaban J connectivity index is 2.07. The van der Waals surface area contributed by atoms with Crippen molar-refractivity contribution in [2.45, 2.75) is 6.42 Å². The molecule has 2 aromatic carbocycles. The maximum absolute atomic E-state index is 9.83. The molecular formula is C16H14O. The summed E-state index contributed by atoms with van der Waals surface area (Å²) >= 11 is 0. The van der Waals surface area contributed by atoms with E-state index in [4.69, 9.17) is 0 Å². The van der Waals surface area contributed by atoms with Crippen molar-refractivity contribution in [3.8, 4) is 5.75 Å².